The van der Waals surface area contributed by atoms with Gasteiger partial charge in [0.25, 0.3) is 0 Å². The lowest BCUT2D eigenvalue weighted by molar-refractivity contribution is -0.124. The van der Waals surface area contributed by atoms with Crippen LogP contribution < -0.4 is 5.32 Å². The number of hydrogen-bond donors (Lipinski definition) is 1. The van der Waals surface area contributed by atoms with E-state index in [1.54, 1.807) is 0 Å². The Balaban J connectivity index is 1.59. The number of thiazole rings is 1. The van der Waals surface area contributed by atoms with Crippen LogP contribution in [0.5, 0.6) is 0 Å². The third kappa shape index (κ3) is 3.53. The van der Waals surface area contributed by atoms with Gasteiger partial charge in [0, 0.05) is 10.9 Å². The van der Waals surface area contributed by atoms with Gasteiger partial charge in [0.2, 0.25) is 5.91 Å². The van der Waals surface area contributed by atoms with Gasteiger partial charge in [-0.2, -0.15) is 0 Å². The predicted molar refractivity (Wildman–Crippen MR) is 86.2 cm³/mol. The van der Waals surface area contributed by atoms with Gasteiger partial charge in [-0.1, -0.05) is 30.3 Å². The van der Waals surface area contributed by atoms with Crippen LogP contribution in [-0.2, 0) is 21.2 Å². The third-order valence-electron chi connectivity index (χ3n) is 3.64. The summed E-state index contributed by atoms with van der Waals surface area (Å²) in [6.07, 6.45) is 0.418. The number of rotatable bonds is 4. The summed E-state index contributed by atoms with van der Waals surface area (Å²) in [5.74, 6) is -0.539. The Morgan fingerprint density at radius 3 is 2.77 bits per heavy atom. The molecule has 116 valence electrons. The van der Waals surface area contributed by atoms with E-state index >= 15 is 0 Å². The van der Waals surface area contributed by atoms with Crippen LogP contribution in [0.15, 0.2) is 35.7 Å². The molecular formula is C15H16N2O3S2. The smallest absolute Gasteiger partial charge is 0.224 e. The van der Waals surface area contributed by atoms with Gasteiger partial charge < -0.3 is 5.32 Å². The van der Waals surface area contributed by atoms with E-state index in [4.69, 9.17) is 0 Å². The second-order valence-electron chi connectivity index (χ2n) is 5.31. The summed E-state index contributed by atoms with van der Waals surface area (Å²) in [5.41, 5.74) is 1.93. The molecule has 22 heavy (non-hydrogen) atoms. The minimum atomic E-state index is -3.03. The Morgan fingerprint density at radius 1 is 1.32 bits per heavy atom. The zero-order valence-corrected chi connectivity index (χ0v) is 13.5. The molecule has 1 aromatic carbocycles. The summed E-state index contributed by atoms with van der Waals surface area (Å²) in [6, 6.07) is 9.83. The van der Waals surface area contributed by atoms with Crippen molar-refractivity contribution in [3.8, 4) is 11.3 Å². The molecule has 0 aliphatic carbocycles. The topological polar surface area (TPSA) is 76.1 Å². The number of sulfone groups is 1. The van der Waals surface area contributed by atoms with Gasteiger partial charge in [-0.25, -0.2) is 13.4 Å². The predicted octanol–water partition coefficient (Wildman–Crippen LogP) is 1.86. The van der Waals surface area contributed by atoms with Gasteiger partial charge in [0.05, 0.1) is 29.7 Å². The molecule has 1 amide bonds. The van der Waals surface area contributed by atoms with E-state index < -0.39 is 15.8 Å². The van der Waals surface area contributed by atoms with Crippen molar-refractivity contribution in [3.05, 3.63) is 40.7 Å². The maximum atomic E-state index is 12.0. The van der Waals surface area contributed by atoms with E-state index in [1.165, 1.54) is 11.3 Å². The lowest BCUT2D eigenvalue weighted by Gasteiger charge is -2.07. The van der Waals surface area contributed by atoms with E-state index in [-0.39, 0.29) is 17.4 Å². The molecule has 0 saturated carbocycles. The SMILES string of the molecule is O=C(NCc1nc(-c2ccccc2)cs1)C1CCS(=O)(=O)C1. The monoisotopic (exact) mass is 336 g/mol. The molecule has 0 radical (unpaired) electrons. The second-order valence-corrected chi connectivity index (χ2v) is 8.48. The molecule has 1 fully saturated rings. The fourth-order valence-electron chi connectivity index (χ4n) is 2.44. The van der Waals surface area contributed by atoms with Crippen LogP contribution in [0.25, 0.3) is 11.3 Å². The molecule has 7 heteroatoms. The Labute approximate surface area is 133 Å². The van der Waals surface area contributed by atoms with Gasteiger partial charge in [-0.05, 0) is 6.42 Å². The minimum absolute atomic E-state index is 0.0357. The van der Waals surface area contributed by atoms with Crippen molar-refractivity contribution < 1.29 is 13.2 Å². The molecule has 5 nitrogen and oxygen atoms in total. The fraction of sp³-hybridized carbons (Fsp3) is 0.333. The molecule has 0 bridgehead atoms. The standard InChI is InChI=1S/C15H16N2O3S2/c18-15(12-6-7-22(19,20)10-12)16-8-14-17-13(9-21-14)11-4-2-1-3-5-11/h1-5,9,12H,6-8,10H2,(H,16,18). The molecule has 2 heterocycles. The largest absolute Gasteiger partial charge is 0.349 e. The molecule has 1 unspecified atom stereocenters. The first-order valence-electron chi connectivity index (χ1n) is 7.01. The second kappa shape index (κ2) is 6.18. The van der Waals surface area contributed by atoms with Crippen molar-refractivity contribution in [1.82, 2.24) is 10.3 Å². The summed E-state index contributed by atoms with van der Waals surface area (Å²) in [5, 5.41) is 5.56. The number of nitrogens with zero attached hydrogens (tertiary/aromatic N) is 1. The first-order valence-corrected chi connectivity index (χ1v) is 9.71. The summed E-state index contributed by atoms with van der Waals surface area (Å²) < 4.78 is 22.8. The molecule has 2 aromatic rings. The number of carbonyl (C=O) groups excluding carboxylic acids is 1. The number of nitrogens with one attached hydrogen (secondary N) is 1. The van der Waals surface area contributed by atoms with Crippen molar-refractivity contribution in [2.75, 3.05) is 11.5 Å². The first kappa shape index (κ1) is 15.2. The van der Waals surface area contributed by atoms with E-state index in [9.17, 15) is 13.2 Å². The number of benzene rings is 1. The van der Waals surface area contributed by atoms with E-state index in [0.717, 1.165) is 16.3 Å². The Hall–Kier alpha value is -1.73. The van der Waals surface area contributed by atoms with Crippen LogP contribution in [0.3, 0.4) is 0 Å². The zero-order chi connectivity index (χ0) is 15.6. The molecule has 1 aliphatic rings. The molecule has 1 aliphatic heterocycles. The van der Waals surface area contributed by atoms with Crippen molar-refractivity contribution in [3.63, 3.8) is 0 Å². The van der Waals surface area contributed by atoms with Crippen LogP contribution in [0.2, 0.25) is 0 Å². The molecule has 1 N–H and O–H groups in total. The van der Waals surface area contributed by atoms with Gasteiger partial charge in [-0.15, -0.1) is 11.3 Å². The van der Waals surface area contributed by atoms with Crippen molar-refractivity contribution in [1.29, 1.82) is 0 Å². The van der Waals surface area contributed by atoms with E-state index in [1.807, 2.05) is 35.7 Å². The quantitative estimate of drug-likeness (QED) is 0.924. The Kier molecular flexibility index (Phi) is 4.26. The number of carbonyl (C=O) groups is 1. The molecular weight excluding hydrogens is 320 g/mol. The van der Waals surface area contributed by atoms with Crippen LogP contribution in [-0.4, -0.2) is 30.8 Å². The van der Waals surface area contributed by atoms with Gasteiger partial charge in [-0.3, -0.25) is 4.79 Å². The Bertz CT molecular complexity index is 769. The first-order chi connectivity index (χ1) is 10.5. The van der Waals surface area contributed by atoms with Crippen molar-refractivity contribution in [2.24, 2.45) is 5.92 Å². The van der Waals surface area contributed by atoms with Gasteiger partial charge in [0.1, 0.15) is 5.01 Å². The van der Waals surface area contributed by atoms with Crippen LogP contribution in [0.1, 0.15) is 11.4 Å². The maximum Gasteiger partial charge on any atom is 0.224 e. The van der Waals surface area contributed by atoms with Crippen LogP contribution in [0, 0.1) is 5.92 Å². The molecule has 3 rings (SSSR count). The fourth-order valence-corrected chi connectivity index (χ4v) is 4.93. The van der Waals surface area contributed by atoms with Crippen LogP contribution >= 0.6 is 11.3 Å². The molecule has 1 aromatic heterocycles. The van der Waals surface area contributed by atoms with E-state index in [2.05, 4.69) is 10.3 Å². The summed E-state index contributed by atoms with van der Waals surface area (Å²) in [7, 11) is -3.03. The van der Waals surface area contributed by atoms with Crippen molar-refractivity contribution in [2.45, 2.75) is 13.0 Å². The van der Waals surface area contributed by atoms with Gasteiger partial charge >= 0.3 is 0 Å². The highest BCUT2D eigenvalue weighted by molar-refractivity contribution is 7.91. The number of hydrogen-bond acceptors (Lipinski definition) is 5. The minimum Gasteiger partial charge on any atom is -0.349 e. The summed E-state index contributed by atoms with van der Waals surface area (Å²) >= 11 is 1.48. The number of amides is 1. The summed E-state index contributed by atoms with van der Waals surface area (Å²) in [4.78, 5) is 16.5. The third-order valence-corrected chi connectivity index (χ3v) is 6.26. The lowest BCUT2D eigenvalue weighted by atomic mass is 10.1. The highest BCUT2D eigenvalue weighted by Gasteiger charge is 2.32. The van der Waals surface area contributed by atoms with Gasteiger partial charge in [0.15, 0.2) is 9.84 Å². The highest BCUT2D eigenvalue weighted by Crippen LogP contribution is 2.22. The van der Waals surface area contributed by atoms with E-state index in [0.29, 0.717) is 13.0 Å². The zero-order valence-electron chi connectivity index (χ0n) is 11.9. The lowest BCUT2D eigenvalue weighted by Crippen LogP contribution is -2.30. The molecule has 0 spiro atoms. The average molecular weight is 336 g/mol. The summed E-state index contributed by atoms with van der Waals surface area (Å²) in [6.45, 7) is 0.340. The number of aromatic nitrogens is 1. The highest BCUT2D eigenvalue weighted by atomic mass is 32.2. The molecule has 1 atom stereocenters. The Morgan fingerprint density at radius 2 is 2.09 bits per heavy atom. The normalized spacial score (nSPS) is 19.9. The van der Waals surface area contributed by atoms with Crippen LogP contribution in [0.4, 0.5) is 0 Å². The van der Waals surface area contributed by atoms with Crippen molar-refractivity contribution >= 4 is 27.1 Å². The maximum absolute atomic E-state index is 12.0. The average Bonchev–Trinajstić information content (AvgIpc) is 3.12. The molecule has 1 saturated heterocycles.